The van der Waals surface area contributed by atoms with E-state index in [1.807, 2.05) is 0 Å². The van der Waals surface area contributed by atoms with Crippen molar-refractivity contribution < 1.29 is 9.72 Å². The fraction of sp³-hybridized carbons (Fsp3) is 0.214. The Labute approximate surface area is 136 Å². The highest BCUT2D eigenvalue weighted by Gasteiger charge is 2.11. The van der Waals surface area contributed by atoms with Crippen LogP contribution in [-0.4, -0.2) is 26.6 Å². The van der Waals surface area contributed by atoms with Crippen molar-refractivity contribution in [2.75, 3.05) is 16.8 Å². The van der Waals surface area contributed by atoms with E-state index < -0.39 is 4.92 Å². The molecule has 23 heavy (non-hydrogen) atoms. The van der Waals surface area contributed by atoms with Crippen LogP contribution in [0.25, 0.3) is 0 Å². The van der Waals surface area contributed by atoms with Gasteiger partial charge in [0.15, 0.2) is 5.16 Å². The molecule has 3 N–H and O–H groups in total. The van der Waals surface area contributed by atoms with E-state index in [0.29, 0.717) is 22.2 Å². The van der Waals surface area contributed by atoms with Gasteiger partial charge in [0.25, 0.3) is 5.69 Å². The van der Waals surface area contributed by atoms with Crippen LogP contribution in [0.3, 0.4) is 0 Å². The fourth-order valence-electron chi connectivity index (χ4n) is 1.85. The van der Waals surface area contributed by atoms with E-state index in [0.717, 1.165) is 5.69 Å². The van der Waals surface area contributed by atoms with Gasteiger partial charge in [-0.2, -0.15) is 0 Å². The molecule has 0 unspecified atom stereocenters. The number of rotatable bonds is 5. The first-order chi connectivity index (χ1) is 10.8. The van der Waals surface area contributed by atoms with Crippen molar-refractivity contribution in [3.63, 3.8) is 0 Å². The molecule has 0 radical (unpaired) electrons. The van der Waals surface area contributed by atoms with Gasteiger partial charge in [-0.25, -0.2) is 9.97 Å². The number of hydrogen-bond donors (Lipinski definition) is 2. The maximum Gasteiger partial charge on any atom is 0.269 e. The number of nitro benzene ring substituents is 1. The molecule has 9 heteroatoms. The summed E-state index contributed by atoms with van der Waals surface area (Å²) < 4.78 is 0. The molecule has 0 saturated carbocycles. The van der Waals surface area contributed by atoms with Gasteiger partial charge >= 0.3 is 0 Å². The zero-order valence-electron chi connectivity index (χ0n) is 12.6. The van der Waals surface area contributed by atoms with Crippen LogP contribution in [0.1, 0.15) is 11.3 Å². The summed E-state index contributed by atoms with van der Waals surface area (Å²) in [4.78, 5) is 30.4. The number of benzene rings is 1. The third kappa shape index (κ3) is 4.65. The standard InChI is InChI=1S/C14H15N5O3S/c1-8-5-10(19(21)22)3-4-11(8)17-13(20)7-23-14-16-9(2)6-12(15)18-14/h3-6H,7H2,1-2H3,(H,17,20)(H2,15,16,18). The predicted molar refractivity (Wildman–Crippen MR) is 88.4 cm³/mol. The molecule has 120 valence electrons. The van der Waals surface area contributed by atoms with Gasteiger partial charge in [-0.05, 0) is 25.5 Å². The summed E-state index contributed by atoms with van der Waals surface area (Å²) in [6.07, 6.45) is 0. The Morgan fingerprint density at radius 3 is 2.70 bits per heavy atom. The quantitative estimate of drug-likeness (QED) is 0.372. The van der Waals surface area contributed by atoms with Gasteiger partial charge in [-0.1, -0.05) is 11.8 Å². The Kier molecular flexibility index (Phi) is 5.12. The van der Waals surface area contributed by atoms with Crippen LogP contribution in [0.15, 0.2) is 29.4 Å². The topological polar surface area (TPSA) is 124 Å². The molecule has 1 heterocycles. The van der Waals surface area contributed by atoms with Crippen molar-refractivity contribution in [1.82, 2.24) is 9.97 Å². The number of amides is 1. The smallest absolute Gasteiger partial charge is 0.269 e. The Bertz CT molecular complexity index is 746. The summed E-state index contributed by atoms with van der Waals surface area (Å²) in [7, 11) is 0. The average molecular weight is 333 g/mol. The molecule has 1 aromatic carbocycles. The molecule has 0 aliphatic carbocycles. The summed E-state index contributed by atoms with van der Waals surface area (Å²) in [5.41, 5.74) is 7.49. The van der Waals surface area contributed by atoms with Crippen molar-refractivity contribution in [3.05, 3.63) is 45.6 Å². The SMILES string of the molecule is Cc1cc(N)nc(SCC(=O)Nc2ccc([N+](=O)[O-])cc2C)n1. The second-order valence-corrected chi connectivity index (χ2v) is 5.75. The molecule has 1 amide bonds. The van der Waals surface area contributed by atoms with Crippen LogP contribution in [0.4, 0.5) is 17.2 Å². The third-order valence-corrected chi connectivity index (χ3v) is 3.73. The fourth-order valence-corrected chi connectivity index (χ4v) is 2.56. The first-order valence-electron chi connectivity index (χ1n) is 6.64. The molecule has 1 aromatic heterocycles. The molecule has 0 fully saturated rings. The second-order valence-electron chi connectivity index (χ2n) is 4.81. The number of nitro groups is 1. The number of thioether (sulfide) groups is 1. The number of non-ortho nitro benzene ring substituents is 1. The minimum atomic E-state index is -0.478. The van der Waals surface area contributed by atoms with Crippen LogP contribution >= 0.6 is 11.8 Å². The van der Waals surface area contributed by atoms with Crippen molar-refractivity contribution >= 4 is 34.9 Å². The van der Waals surface area contributed by atoms with E-state index in [1.165, 1.54) is 30.0 Å². The van der Waals surface area contributed by atoms with E-state index in [-0.39, 0.29) is 17.3 Å². The van der Waals surface area contributed by atoms with Crippen molar-refractivity contribution in [2.45, 2.75) is 19.0 Å². The van der Waals surface area contributed by atoms with Crippen LogP contribution in [0.5, 0.6) is 0 Å². The Balaban J connectivity index is 1.98. The van der Waals surface area contributed by atoms with Gasteiger partial charge in [0.1, 0.15) is 5.82 Å². The molecular formula is C14H15N5O3S. The molecule has 0 saturated heterocycles. The highest BCUT2D eigenvalue weighted by atomic mass is 32.2. The second kappa shape index (κ2) is 7.05. The van der Waals surface area contributed by atoms with E-state index in [9.17, 15) is 14.9 Å². The van der Waals surface area contributed by atoms with Gasteiger partial charge in [-0.15, -0.1) is 0 Å². The van der Waals surface area contributed by atoms with Crippen LogP contribution in [0.2, 0.25) is 0 Å². The molecule has 0 aliphatic heterocycles. The molecular weight excluding hydrogens is 318 g/mol. The van der Waals surface area contributed by atoms with Crippen LogP contribution in [0, 0.1) is 24.0 Å². The first kappa shape index (κ1) is 16.7. The van der Waals surface area contributed by atoms with E-state index in [4.69, 9.17) is 5.73 Å². The van der Waals surface area contributed by atoms with Crippen LogP contribution in [-0.2, 0) is 4.79 Å². The number of nitrogen functional groups attached to an aromatic ring is 1. The van der Waals surface area contributed by atoms with E-state index in [2.05, 4.69) is 15.3 Å². The number of anilines is 2. The summed E-state index contributed by atoms with van der Waals surface area (Å²) >= 11 is 1.17. The van der Waals surface area contributed by atoms with Gasteiger partial charge in [0.05, 0.1) is 10.7 Å². The van der Waals surface area contributed by atoms with Crippen molar-refractivity contribution in [3.8, 4) is 0 Å². The van der Waals surface area contributed by atoms with Crippen molar-refractivity contribution in [2.24, 2.45) is 0 Å². The van der Waals surface area contributed by atoms with Gasteiger partial charge in [0.2, 0.25) is 5.91 Å². The number of nitrogens with one attached hydrogen (secondary N) is 1. The average Bonchev–Trinajstić information content (AvgIpc) is 2.46. The molecule has 0 bridgehead atoms. The first-order valence-corrected chi connectivity index (χ1v) is 7.62. The lowest BCUT2D eigenvalue weighted by molar-refractivity contribution is -0.384. The molecule has 8 nitrogen and oxygen atoms in total. The lowest BCUT2D eigenvalue weighted by Gasteiger charge is -2.08. The van der Waals surface area contributed by atoms with E-state index >= 15 is 0 Å². The highest BCUT2D eigenvalue weighted by molar-refractivity contribution is 7.99. The summed E-state index contributed by atoms with van der Waals surface area (Å²) in [5.74, 6) is 0.210. The Morgan fingerprint density at radius 2 is 2.09 bits per heavy atom. The minimum absolute atomic E-state index is 0.0153. The summed E-state index contributed by atoms with van der Waals surface area (Å²) in [6, 6.07) is 5.91. The number of aryl methyl sites for hydroxylation is 2. The number of nitrogens with zero attached hydrogens (tertiary/aromatic N) is 3. The monoisotopic (exact) mass is 333 g/mol. The lowest BCUT2D eigenvalue weighted by atomic mass is 10.2. The van der Waals surface area contributed by atoms with Gasteiger partial charge in [0, 0.05) is 29.6 Å². The Morgan fingerprint density at radius 1 is 1.35 bits per heavy atom. The maximum atomic E-state index is 12.0. The van der Waals surface area contributed by atoms with Crippen LogP contribution < -0.4 is 11.1 Å². The largest absolute Gasteiger partial charge is 0.384 e. The van der Waals surface area contributed by atoms with Crippen molar-refractivity contribution in [1.29, 1.82) is 0 Å². The van der Waals surface area contributed by atoms with Gasteiger partial charge < -0.3 is 11.1 Å². The number of aromatic nitrogens is 2. The summed E-state index contributed by atoms with van der Waals surface area (Å²) in [5, 5.41) is 13.8. The predicted octanol–water partition coefficient (Wildman–Crippen LogP) is 2.31. The zero-order chi connectivity index (χ0) is 17.0. The highest BCUT2D eigenvalue weighted by Crippen LogP contribution is 2.22. The lowest BCUT2D eigenvalue weighted by Crippen LogP contribution is -2.15. The number of carbonyl (C=O) groups is 1. The molecule has 0 spiro atoms. The zero-order valence-corrected chi connectivity index (χ0v) is 13.4. The minimum Gasteiger partial charge on any atom is -0.384 e. The van der Waals surface area contributed by atoms with Gasteiger partial charge in [-0.3, -0.25) is 14.9 Å². The Hall–Kier alpha value is -2.68. The molecule has 0 atom stereocenters. The molecule has 0 aliphatic rings. The molecule has 2 rings (SSSR count). The maximum absolute atomic E-state index is 12.0. The normalized spacial score (nSPS) is 10.3. The number of nitrogens with two attached hydrogens (primary N) is 1. The van der Waals surface area contributed by atoms with E-state index in [1.54, 1.807) is 19.9 Å². The number of hydrogen-bond acceptors (Lipinski definition) is 7. The number of carbonyl (C=O) groups excluding carboxylic acids is 1. The summed E-state index contributed by atoms with van der Waals surface area (Å²) in [6.45, 7) is 3.49. The molecule has 2 aromatic rings. The third-order valence-electron chi connectivity index (χ3n) is 2.88.